The molecule has 0 aromatic heterocycles. The summed E-state index contributed by atoms with van der Waals surface area (Å²) in [5, 5.41) is 9.30. The first kappa shape index (κ1) is 11.4. The van der Waals surface area contributed by atoms with Gasteiger partial charge < -0.3 is 9.84 Å². The Morgan fingerprint density at radius 3 is 2.93 bits per heavy atom. The Morgan fingerprint density at radius 2 is 2.29 bits per heavy atom. The second-order valence-electron chi connectivity index (χ2n) is 2.65. The zero-order chi connectivity index (χ0) is 10.4. The topological polar surface area (TPSA) is 29.5 Å². The van der Waals surface area contributed by atoms with E-state index in [0.717, 1.165) is 5.56 Å². The molecule has 2 nitrogen and oxygen atoms in total. The van der Waals surface area contributed by atoms with E-state index in [9.17, 15) is 0 Å². The third-order valence-corrected chi connectivity index (χ3v) is 2.17. The van der Waals surface area contributed by atoms with E-state index in [-0.39, 0.29) is 13.2 Å². The van der Waals surface area contributed by atoms with Crippen LogP contribution in [0.25, 0.3) is 0 Å². The molecule has 0 unspecified atom stereocenters. The number of aliphatic hydroxyl groups is 1. The third-order valence-electron chi connectivity index (χ3n) is 1.58. The largest absolute Gasteiger partial charge is 0.488 e. The molecule has 1 aromatic carbocycles. The Hall–Kier alpha value is -0.700. The van der Waals surface area contributed by atoms with Crippen molar-refractivity contribution in [2.45, 2.75) is 6.61 Å². The molecule has 0 amide bonds. The fraction of sp³-hybridized carbons (Fsp3) is 0.200. The predicted molar refractivity (Wildman–Crippen MR) is 57.6 cm³/mol. The standard InChI is InChI=1S/C10H10Cl2O2/c11-5-9(12)7-14-10-3-1-2-8(4-10)6-13/h1-5,13H,6-7H2. The van der Waals surface area contributed by atoms with Gasteiger partial charge in [-0.15, -0.1) is 0 Å². The minimum absolute atomic E-state index is 0.00369. The zero-order valence-corrected chi connectivity index (χ0v) is 8.92. The molecule has 0 heterocycles. The number of benzene rings is 1. The molecule has 0 aliphatic carbocycles. The van der Waals surface area contributed by atoms with Gasteiger partial charge in [0.25, 0.3) is 0 Å². The van der Waals surface area contributed by atoms with Crippen molar-refractivity contribution < 1.29 is 9.84 Å². The average Bonchev–Trinajstić information content (AvgIpc) is 2.26. The highest BCUT2D eigenvalue weighted by Gasteiger charge is 1.97. The van der Waals surface area contributed by atoms with E-state index >= 15 is 0 Å². The van der Waals surface area contributed by atoms with Crippen molar-refractivity contribution >= 4 is 23.2 Å². The lowest BCUT2D eigenvalue weighted by atomic mass is 10.2. The summed E-state index contributed by atoms with van der Waals surface area (Å²) in [7, 11) is 0. The summed E-state index contributed by atoms with van der Waals surface area (Å²) in [6.07, 6.45) is 0. The second kappa shape index (κ2) is 5.91. The van der Waals surface area contributed by atoms with Crippen LogP contribution in [0.1, 0.15) is 5.56 Å². The summed E-state index contributed by atoms with van der Waals surface area (Å²) in [6, 6.07) is 7.15. The maximum atomic E-state index is 8.87. The number of hydrogen-bond acceptors (Lipinski definition) is 2. The minimum Gasteiger partial charge on any atom is -0.488 e. The Morgan fingerprint density at radius 1 is 1.50 bits per heavy atom. The van der Waals surface area contributed by atoms with Gasteiger partial charge in [-0.2, -0.15) is 0 Å². The van der Waals surface area contributed by atoms with E-state index in [0.29, 0.717) is 10.8 Å². The van der Waals surface area contributed by atoms with Gasteiger partial charge in [-0.3, -0.25) is 0 Å². The minimum atomic E-state index is -0.00369. The van der Waals surface area contributed by atoms with Gasteiger partial charge >= 0.3 is 0 Å². The van der Waals surface area contributed by atoms with Crippen LogP contribution in [0.3, 0.4) is 0 Å². The number of ether oxygens (including phenoxy) is 1. The van der Waals surface area contributed by atoms with Gasteiger partial charge in [-0.25, -0.2) is 0 Å². The first-order valence-electron chi connectivity index (χ1n) is 4.03. The van der Waals surface area contributed by atoms with E-state index in [1.807, 2.05) is 6.07 Å². The number of hydrogen-bond donors (Lipinski definition) is 1. The number of halogens is 2. The predicted octanol–water partition coefficient (Wildman–Crippen LogP) is 2.88. The fourth-order valence-electron chi connectivity index (χ4n) is 0.917. The van der Waals surface area contributed by atoms with Crippen molar-refractivity contribution in [3.05, 3.63) is 40.4 Å². The molecule has 0 saturated carbocycles. The van der Waals surface area contributed by atoms with E-state index in [4.69, 9.17) is 33.0 Å². The SMILES string of the molecule is OCc1cccc(OCC(Cl)=CCl)c1. The van der Waals surface area contributed by atoms with Crippen LogP contribution < -0.4 is 4.74 Å². The molecular formula is C10H10Cl2O2. The summed E-state index contributed by atoms with van der Waals surface area (Å²) >= 11 is 11.0. The first-order valence-corrected chi connectivity index (χ1v) is 4.85. The molecule has 0 spiro atoms. The Labute approximate surface area is 92.7 Å². The van der Waals surface area contributed by atoms with E-state index in [1.165, 1.54) is 5.54 Å². The fourth-order valence-corrected chi connectivity index (χ4v) is 1.03. The molecule has 0 aliphatic rings. The molecule has 0 aliphatic heterocycles. The molecule has 0 bridgehead atoms. The van der Waals surface area contributed by atoms with Crippen LogP contribution in [0, 0.1) is 0 Å². The van der Waals surface area contributed by atoms with Gasteiger partial charge in [-0.1, -0.05) is 35.3 Å². The van der Waals surface area contributed by atoms with Crippen LogP contribution in [0.4, 0.5) is 0 Å². The van der Waals surface area contributed by atoms with Crippen LogP contribution in [0.2, 0.25) is 0 Å². The number of rotatable bonds is 4. The molecule has 76 valence electrons. The van der Waals surface area contributed by atoms with Crippen molar-refractivity contribution in [2.75, 3.05) is 6.61 Å². The van der Waals surface area contributed by atoms with Crippen molar-refractivity contribution in [2.24, 2.45) is 0 Å². The maximum Gasteiger partial charge on any atom is 0.125 e. The second-order valence-corrected chi connectivity index (χ2v) is 3.35. The molecular weight excluding hydrogens is 223 g/mol. The maximum absolute atomic E-state index is 8.87. The summed E-state index contributed by atoms with van der Waals surface area (Å²) in [5.74, 6) is 0.660. The molecule has 0 fully saturated rings. The molecule has 4 heteroatoms. The molecule has 1 rings (SSSR count). The van der Waals surface area contributed by atoms with Gasteiger partial charge in [0.15, 0.2) is 0 Å². The molecule has 14 heavy (non-hydrogen) atoms. The summed E-state index contributed by atoms with van der Waals surface area (Å²) < 4.78 is 5.31. The highest BCUT2D eigenvalue weighted by atomic mass is 35.5. The van der Waals surface area contributed by atoms with Crippen LogP contribution >= 0.6 is 23.2 Å². The Kier molecular flexibility index (Phi) is 4.80. The monoisotopic (exact) mass is 232 g/mol. The van der Waals surface area contributed by atoms with E-state index in [2.05, 4.69) is 0 Å². The summed E-state index contributed by atoms with van der Waals surface area (Å²) in [4.78, 5) is 0. The normalized spacial score (nSPS) is 11.5. The van der Waals surface area contributed by atoms with Gasteiger partial charge in [0.2, 0.25) is 0 Å². The van der Waals surface area contributed by atoms with Gasteiger partial charge in [-0.05, 0) is 17.7 Å². The van der Waals surface area contributed by atoms with Crippen molar-refractivity contribution in [1.82, 2.24) is 0 Å². The summed E-state index contributed by atoms with van der Waals surface area (Å²) in [5.41, 5.74) is 2.06. The van der Waals surface area contributed by atoms with E-state index < -0.39 is 0 Å². The Balaban J connectivity index is 2.58. The van der Waals surface area contributed by atoms with Crippen molar-refractivity contribution in [3.8, 4) is 5.75 Å². The smallest absolute Gasteiger partial charge is 0.125 e. The molecule has 1 aromatic rings. The quantitative estimate of drug-likeness (QED) is 0.866. The Bertz CT molecular complexity index is 324. The highest BCUT2D eigenvalue weighted by Crippen LogP contribution is 2.15. The molecule has 0 saturated heterocycles. The van der Waals surface area contributed by atoms with E-state index in [1.54, 1.807) is 18.2 Å². The molecule has 1 N–H and O–H groups in total. The van der Waals surface area contributed by atoms with Crippen LogP contribution in [0.15, 0.2) is 34.8 Å². The molecule has 0 atom stereocenters. The lowest BCUT2D eigenvalue weighted by molar-refractivity contribution is 0.280. The lowest BCUT2D eigenvalue weighted by Gasteiger charge is -2.05. The van der Waals surface area contributed by atoms with Gasteiger partial charge in [0.05, 0.1) is 11.6 Å². The summed E-state index contributed by atoms with van der Waals surface area (Å²) in [6.45, 7) is 0.232. The zero-order valence-electron chi connectivity index (χ0n) is 7.41. The van der Waals surface area contributed by atoms with Gasteiger partial charge in [0.1, 0.15) is 12.4 Å². The van der Waals surface area contributed by atoms with Crippen LogP contribution in [-0.2, 0) is 6.61 Å². The highest BCUT2D eigenvalue weighted by molar-refractivity contribution is 6.36. The average molecular weight is 233 g/mol. The molecule has 0 radical (unpaired) electrons. The van der Waals surface area contributed by atoms with Gasteiger partial charge in [0, 0.05) is 5.54 Å². The van der Waals surface area contributed by atoms with Crippen molar-refractivity contribution in [3.63, 3.8) is 0 Å². The third kappa shape index (κ3) is 3.58. The number of aliphatic hydroxyl groups excluding tert-OH is 1. The van der Waals surface area contributed by atoms with Crippen LogP contribution in [-0.4, -0.2) is 11.7 Å². The van der Waals surface area contributed by atoms with Crippen LogP contribution in [0.5, 0.6) is 5.75 Å². The lowest BCUT2D eigenvalue weighted by Crippen LogP contribution is -1.97. The first-order chi connectivity index (χ1) is 6.76. The van der Waals surface area contributed by atoms with Crippen molar-refractivity contribution in [1.29, 1.82) is 0 Å².